The fourth-order valence-electron chi connectivity index (χ4n) is 1.99. The van der Waals surface area contributed by atoms with E-state index >= 15 is 0 Å². The normalized spacial score (nSPS) is 20.5. The van der Waals surface area contributed by atoms with Crippen molar-refractivity contribution in [3.8, 4) is 0 Å². The van der Waals surface area contributed by atoms with Crippen LogP contribution >= 0.6 is 0 Å². The zero-order valence-electron chi connectivity index (χ0n) is 11.8. The predicted molar refractivity (Wildman–Crippen MR) is 77.6 cm³/mol. The van der Waals surface area contributed by atoms with Gasteiger partial charge in [-0.1, -0.05) is 12.1 Å². The number of benzene rings is 1. The van der Waals surface area contributed by atoms with Crippen LogP contribution in [0.3, 0.4) is 0 Å². The summed E-state index contributed by atoms with van der Waals surface area (Å²) in [7, 11) is -0.538. The standard InChI is InChI=1S/C13H20BN3O2/c1-12(2)13(3,4)19-14(18-12)9-7-5-6-8(10(9)15)11(16)17/h5-7H,15H2,1-4H3,(H3,16,17). The average molecular weight is 261 g/mol. The molecule has 1 saturated heterocycles. The molecule has 0 bridgehead atoms. The molecule has 1 heterocycles. The molecular formula is C13H20BN3O2. The second kappa shape index (κ2) is 4.25. The van der Waals surface area contributed by atoms with Crippen LogP contribution in [-0.4, -0.2) is 24.2 Å². The molecule has 19 heavy (non-hydrogen) atoms. The first-order valence-electron chi connectivity index (χ1n) is 6.24. The second-order valence-electron chi connectivity index (χ2n) is 5.81. The predicted octanol–water partition coefficient (Wildman–Crippen LogP) is 0.852. The van der Waals surface area contributed by atoms with Crippen molar-refractivity contribution in [2.75, 3.05) is 5.73 Å². The van der Waals surface area contributed by atoms with Gasteiger partial charge in [-0.3, -0.25) is 5.41 Å². The molecule has 5 N–H and O–H groups in total. The third-order valence-electron chi connectivity index (χ3n) is 3.94. The van der Waals surface area contributed by atoms with Crippen LogP contribution in [0.1, 0.15) is 33.3 Å². The molecule has 0 aromatic heterocycles. The summed E-state index contributed by atoms with van der Waals surface area (Å²) in [6.07, 6.45) is 0. The fraction of sp³-hybridized carbons (Fsp3) is 0.462. The SMILES string of the molecule is CC1(C)OB(c2cccc(C(=N)N)c2N)OC1(C)C. The van der Waals surface area contributed by atoms with Crippen LogP contribution in [0.15, 0.2) is 18.2 Å². The molecule has 0 unspecified atom stereocenters. The van der Waals surface area contributed by atoms with Crippen LogP contribution < -0.4 is 16.9 Å². The van der Waals surface area contributed by atoms with Crippen molar-refractivity contribution in [3.05, 3.63) is 23.8 Å². The molecule has 6 heteroatoms. The number of anilines is 1. The van der Waals surface area contributed by atoms with Gasteiger partial charge in [0.05, 0.1) is 11.2 Å². The van der Waals surface area contributed by atoms with E-state index in [4.69, 9.17) is 26.2 Å². The minimum absolute atomic E-state index is 0.0594. The maximum absolute atomic E-state index is 7.52. The number of hydrogen-bond donors (Lipinski definition) is 3. The summed E-state index contributed by atoms with van der Waals surface area (Å²) in [4.78, 5) is 0. The van der Waals surface area contributed by atoms with Crippen LogP contribution in [0, 0.1) is 5.41 Å². The molecule has 1 aromatic rings. The van der Waals surface area contributed by atoms with Gasteiger partial charge in [0.1, 0.15) is 5.84 Å². The van der Waals surface area contributed by atoms with E-state index in [1.807, 2.05) is 33.8 Å². The van der Waals surface area contributed by atoms with Gasteiger partial charge in [0.25, 0.3) is 0 Å². The Morgan fingerprint density at radius 3 is 2.16 bits per heavy atom. The molecule has 0 aliphatic carbocycles. The zero-order chi connectivity index (χ0) is 14.4. The van der Waals surface area contributed by atoms with E-state index in [0.717, 1.165) is 0 Å². The first kappa shape index (κ1) is 13.9. The van der Waals surface area contributed by atoms with Crippen molar-refractivity contribution in [2.45, 2.75) is 38.9 Å². The van der Waals surface area contributed by atoms with Gasteiger partial charge in [0.2, 0.25) is 0 Å². The van der Waals surface area contributed by atoms with Crippen molar-refractivity contribution in [1.29, 1.82) is 5.41 Å². The van der Waals surface area contributed by atoms with Crippen molar-refractivity contribution in [3.63, 3.8) is 0 Å². The van der Waals surface area contributed by atoms with Gasteiger partial charge in [0.15, 0.2) is 0 Å². The van der Waals surface area contributed by atoms with Crippen molar-refractivity contribution in [2.24, 2.45) is 5.73 Å². The topological polar surface area (TPSA) is 94.3 Å². The first-order chi connectivity index (χ1) is 8.66. The first-order valence-corrected chi connectivity index (χ1v) is 6.24. The summed E-state index contributed by atoms with van der Waals surface area (Å²) in [5, 5.41) is 7.52. The number of amidine groups is 1. The van der Waals surface area contributed by atoms with Gasteiger partial charge in [-0.25, -0.2) is 0 Å². The van der Waals surface area contributed by atoms with Crippen LogP contribution in [0.5, 0.6) is 0 Å². The Bertz CT molecular complexity index is 513. The van der Waals surface area contributed by atoms with Gasteiger partial charge in [-0.2, -0.15) is 0 Å². The molecule has 1 aliphatic heterocycles. The Kier molecular flexibility index (Phi) is 3.11. The van der Waals surface area contributed by atoms with E-state index in [9.17, 15) is 0 Å². The van der Waals surface area contributed by atoms with Gasteiger partial charge in [-0.05, 0) is 33.8 Å². The minimum Gasteiger partial charge on any atom is -0.399 e. The van der Waals surface area contributed by atoms with Crippen LogP contribution in [0.25, 0.3) is 0 Å². The summed E-state index contributed by atoms with van der Waals surface area (Å²) in [5.74, 6) is -0.0594. The Morgan fingerprint density at radius 1 is 1.16 bits per heavy atom. The summed E-state index contributed by atoms with van der Waals surface area (Å²) in [6.45, 7) is 7.94. The molecule has 1 fully saturated rings. The molecule has 0 amide bonds. The molecule has 2 rings (SSSR count). The maximum Gasteiger partial charge on any atom is 0.496 e. The lowest BCUT2D eigenvalue weighted by molar-refractivity contribution is 0.00578. The van der Waals surface area contributed by atoms with E-state index in [0.29, 0.717) is 16.7 Å². The lowest BCUT2D eigenvalue weighted by Gasteiger charge is -2.32. The molecular weight excluding hydrogens is 241 g/mol. The number of rotatable bonds is 2. The van der Waals surface area contributed by atoms with Crippen LogP contribution in [0.2, 0.25) is 0 Å². The van der Waals surface area contributed by atoms with Gasteiger partial charge < -0.3 is 20.8 Å². The number of nitrogens with two attached hydrogens (primary N) is 2. The third-order valence-corrected chi connectivity index (χ3v) is 3.94. The van der Waals surface area contributed by atoms with Gasteiger partial charge in [-0.15, -0.1) is 0 Å². The van der Waals surface area contributed by atoms with Gasteiger partial charge in [0, 0.05) is 16.7 Å². The summed E-state index contributed by atoms with van der Waals surface area (Å²) in [6, 6.07) is 5.35. The highest BCUT2D eigenvalue weighted by Crippen LogP contribution is 2.36. The smallest absolute Gasteiger partial charge is 0.399 e. The summed E-state index contributed by atoms with van der Waals surface area (Å²) in [5.41, 5.74) is 12.4. The minimum atomic E-state index is -0.538. The van der Waals surface area contributed by atoms with E-state index in [-0.39, 0.29) is 5.84 Å². The second-order valence-corrected chi connectivity index (χ2v) is 5.81. The maximum atomic E-state index is 7.52. The Morgan fingerprint density at radius 2 is 1.68 bits per heavy atom. The molecule has 0 atom stereocenters. The average Bonchev–Trinajstić information content (AvgIpc) is 2.47. The monoisotopic (exact) mass is 261 g/mol. The molecule has 1 aliphatic rings. The quantitative estimate of drug-likeness (QED) is 0.318. The lowest BCUT2D eigenvalue weighted by Crippen LogP contribution is -2.41. The van der Waals surface area contributed by atoms with Crippen LogP contribution in [-0.2, 0) is 9.31 Å². The van der Waals surface area contributed by atoms with E-state index in [1.54, 1.807) is 12.1 Å². The highest BCUT2D eigenvalue weighted by molar-refractivity contribution is 6.64. The van der Waals surface area contributed by atoms with Gasteiger partial charge >= 0.3 is 7.12 Å². The van der Waals surface area contributed by atoms with Crippen LogP contribution in [0.4, 0.5) is 5.69 Å². The van der Waals surface area contributed by atoms with E-state index in [1.165, 1.54) is 0 Å². The molecule has 102 valence electrons. The molecule has 1 aromatic carbocycles. The number of para-hydroxylation sites is 1. The highest BCUT2D eigenvalue weighted by Gasteiger charge is 2.52. The van der Waals surface area contributed by atoms with Crippen molar-refractivity contribution in [1.82, 2.24) is 0 Å². The summed E-state index contributed by atoms with van der Waals surface area (Å²) < 4.78 is 11.9. The largest absolute Gasteiger partial charge is 0.496 e. The Hall–Kier alpha value is -1.53. The van der Waals surface area contributed by atoms with E-state index < -0.39 is 18.3 Å². The summed E-state index contributed by atoms with van der Waals surface area (Å²) >= 11 is 0. The zero-order valence-corrected chi connectivity index (χ0v) is 11.8. The van der Waals surface area contributed by atoms with Crippen molar-refractivity contribution >= 4 is 24.1 Å². The highest BCUT2D eigenvalue weighted by atomic mass is 16.7. The lowest BCUT2D eigenvalue weighted by atomic mass is 9.77. The number of hydrogen-bond acceptors (Lipinski definition) is 4. The number of nitrogen functional groups attached to an aromatic ring is 2. The molecule has 0 radical (unpaired) electrons. The number of nitrogens with one attached hydrogen (secondary N) is 1. The fourth-order valence-corrected chi connectivity index (χ4v) is 1.99. The molecule has 0 saturated carbocycles. The Balaban J connectivity index is 2.40. The van der Waals surface area contributed by atoms with Crippen molar-refractivity contribution < 1.29 is 9.31 Å². The third kappa shape index (κ3) is 2.22. The van der Waals surface area contributed by atoms with E-state index in [2.05, 4.69) is 0 Å². The Labute approximate surface area is 113 Å². The molecule has 5 nitrogen and oxygen atoms in total. The molecule has 0 spiro atoms.